The molecule has 0 radical (unpaired) electrons. The minimum atomic E-state index is -0.611. The molecule has 184 valence electrons. The van der Waals surface area contributed by atoms with Gasteiger partial charge in [0.1, 0.15) is 23.0 Å². The van der Waals surface area contributed by atoms with Gasteiger partial charge in [-0.1, -0.05) is 12.6 Å². The maximum atomic E-state index is 6.11. The fourth-order valence-electron chi connectivity index (χ4n) is 4.01. The van der Waals surface area contributed by atoms with Gasteiger partial charge in [-0.25, -0.2) is 0 Å². The molecule has 1 aliphatic carbocycles. The van der Waals surface area contributed by atoms with Crippen LogP contribution in [0.4, 0.5) is 5.69 Å². The van der Waals surface area contributed by atoms with Crippen LogP contribution in [0.5, 0.6) is 11.7 Å². The van der Waals surface area contributed by atoms with Gasteiger partial charge >= 0.3 is 0 Å². The maximum Gasteiger partial charge on any atom is 0.290 e. The lowest BCUT2D eigenvalue weighted by Crippen LogP contribution is -2.39. The average molecular weight is 468 g/mol. The fourth-order valence-corrected chi connectivity index (χ4v) is 4.01. The number of benzene rings is 1. The van der Waals surface area contributed by atoms with E-state index in [-0.39, 0.29) is 5.92 Å². The van der Waals surface area contributed by atoms with E-state index in [0.29, 0.717) is 29.9 Å². The van der Waals surface area contributed by atoms with Crippen molar-refractivity contribution in [1.82, 2.24) is 0 Å². The summed E-state index contributed by atoms with van der Waals surface area (Å²) in [6.07, 6.45) is 4.44. The first-order valence-corrected chi connectivity index (χ1v) is 11.5. The van der Waals surface area contributed by atoms with E-state index in [1.165, 1.54) is 0 Å². The number of methoxy groups -OCH3 is 3. The van der Waals surface area contributed by atoms with Gasteiger partial charge in [0.15, 0.2) is 0 Å². The Bertz CT molecular complexity index is 1080. The second-order valence-electron chi connectivity index (χ2n) is 9.13. The molecule has 0 bridgehead atoms. The molecule has 0 N–H and O–H groups in total. The molecule has 3 rings (SSSR count). The van der Waals surface area contributed by atoms with Crippen molar-refractivity contribution in [3.05, 3.63) is 71.9 Å². The van der Waals surface area contributed by atoms with Crippen LogP contribution in [-0.4, -0.2) is 40.0 Å². The molecule has 0 spiro atoms. The summed E-state index contributed by atoms with van der Waals surface area (Å²) in [5.74, 6) is 3.24. The molecule has 0 saturated heterocycles. The molecule has 0 saturated carbocycles. The highest BCUT2D eigenvalue weighted by Gasteiger charge is 2.40. The number of rotatable bonds is 10. The van der Waals surface area contributed by atoms with Crippen LogP contribution < -0.4 is 9.64 Å². The molecule has 6 nitrogen and oxygen atoms in total. The lowest BCUT2D eigenvalue weighted by molar-refractivity contribution is -0.0116. The van der Waals surface area contributed by atoms with Gasteiger partial charge in [0, 0.05) is 44.1 Å². The van der Waals surface area contributed by atoms with Crippen LogP contribution in [0.15, 0.2) is 65.0 Å². The Morgan fingerprint density at radius 2 is 1.88 bits per heavy atom. The van der Waals surface area contributed by atoms with E-state index < -0.39 is 5.60 Å². The average Bonchev–Trinajstić information content (AvgIpc) is 3.29. The molecule has 0 aliphatic heterocycles. The van der Waals surface area contributed by atoms with Crippen molar-refractivity contribution in [2.45, 2.75) is 45.8 Å². The largest absolute Gasteiger partial charge is 0.501 e. The molecule has 1 heterocycles. The van der Waals surface area contributed by atoms with Gasteiger partial charge in [0.2, 0.25) is 0 Å². The lowest BCUT2D eigenvalue weighted by atomic mass is 9.79. The van der Waals surface area contributed by atoms with Gasteiger partial charge in [0.25, 0.3) is 5.95 Å². The van der Waals surface area contributed by atoms with Crippen LogP contribution in [0.25, 0.3) is 5.57 Å². The van der Waals surface area contributed by atoms with Gasteiger partial charge in [-0.3, -0.25) is 0 Å². The van der Waals surface area contributed by atoms with Crippen LogP contribution in [0.3, 0.4) is 0 Å². The first kappa shape index (κ1) is 25.5. The second-order valence-corrected chi connectivity index (χ2v) is 9.13. The summed E-state index contributed by atoms with van der Waals surface area (Å²) in [5.41, 5.74) is 2.34. The molecular weight excluding hydrogens is 430 g/mol. The highest BCUT2D eigenvalue weighted by molar-refractivity contribution is 5.61. The Hall–Kier alpha value is -3.12. The molecule has 1 aliphatic rings. The third-order valence-electron chi connectivity index (χ3n) is 6.60. The summed E-state index contributed by atoms with van der Waals surface area (Å²) >= 11 is 0. The van der Waals surface area contributed by atoms with Crippen molar-refractivity contribution < 1.29 is 23.4 Å². The Kier molecular flexibility index (Phi) is 7.82. The first-order valence-electron chi connectivity index (χ1n) is 11.5. The normalized spacial score (nSPS) is 20.0. The van der Waals surface area contributed by atoms with Crippen molar-refractivity contribution in [2.24, 2.45) is 5.92 Å². The molecular formula is C28H37NO5. The third kappa shape index (κ3) is 5.33. The van der Waals surface area contributed by atoms with Gasteiger partial charge in [0.05, 0.1) is 25.7 Å². The summed E-state index contributed by atoms with van der Waals surface area (Å²) in [4.78, 5) is 2.20. The SMILES string of the molecule is C=C(CC1C(OC)=CC(OC)=CC1(C)OC)c1ccc(Oc2cc(N(C)C(C)C)ccc2C)o1. The molecule has 1 aromatic carbocycles. The van der Waals surface area contributed by atoms with Crippen LogP contribution >= 0.6 is 0 Å². The van der Waals surface area contributed by atoms with Gasteiger partial charge in [-0.2, -0.15) is 0 Å². The molecule has 2 aromatic rings. The van der Waals surface area contributed by atoms with E-state index in [0.717, 1.165) is 28.3 Å². The number of ether oxygens (including phenoxy) is 4. The highest BCUT2D eigenvalue weighted by Crippen LogP contribution is 2.41. The smallest absolute Gasteiger partial charge is 0.290 e. The minimum absolute atomic E-state index is 0.0890. The van der Waals surface area contributed by atoms with Crippen LogP contribution in [0.2, 0.25) is 0 Å². The van der Waals surface area contributed by atoms with Crippen molar-refractivity contribution in [3.63, 3.8) is 0 Å². The second kappa shape index (κ2) is 10.4. The number of hydrogen-bond acceptors (Lipinski definition) is 6. The third-order valence-corrected chi connectivity index (χ3v) is 6.60. The summed E-state index contributed by atoms with van der Waals surface area (Å²) < 4.78 is 29.1. The Morgan fingerprint density at radius 3 is 2.50 bits per heavy atom. The zero-order valence-corrected chi connectivity index (χ0v) is 21.6. The number of allylic oxidation sites excluding steroid dienone is 2. The summed E-state index contributed by atoms with van der Waals surface area (Å²) in [7, 11) is 7.04. The molecule has 0 amide bonds. The molecule has 34 heavy (non-hydrogen) atoms. The predicted octanol–water partition coefficient (Wildman–Crippen LogP) is 6.72. The zero-order valence-electron chi connectivity index (χ0n) is 21.6. The van der Waals surface area contributed by atoms with E-state index in [9.17, 15) is 0 Å². The molecule has 6 heteroatoms. The van der Waals surface area contributed by atoms with Gasteiger partial charge in [-0.05, 0) is 63.5 Å². The topological polar surface area (TPSA) is 53.3 Å². The van der Waals surface area contributed by atoms with Crippen molar-refractivity contribution in [1.29, 1.82) is 0 Å². The number of anilines is 1. The Labute approximate surface area is 203 Å². The number of nitrogens with zero attached hydrogens (tertiary/aromatic N) is 1. The summed E-state index contributed by atoms with van der Waals surface area (Å²) in [6.45, 7) is 12.6. The number of aryl methyl sites for hydroxylation is 1. The molecule has 0 fully saturated rings. The first-order chi connectivity index (χ1) is 16.1. The standard InChI is InChI=1S/C28H37NO5/c1-18(2)29(6)21-11-10-19(3)25(15-21)34-27-13-12-24(33-27)20(4)14-23-26(31-8)16-22(30-7)17-28(23,5)32-9/h10-13,15-18,23H,4,14H2,1-3,5-9H3. The van der Waals surface area contributed by atoms with E-state index in [4.69, 9.17) is 23.4 Å². The van der Waals surface area contributed by atoms with E-state index in [1.54, 1.807) is 21.3 Å². The van der Waals surface area contributed by atoms with Crippen molar-refractivity contribution >= 4 is 11.3 Å². The molecule has 1 aromatic heterocycles. The predicted molar refractivity (Wildman–Crippen MR) is 136 cm³/mol. The minimum Gasteiger partial charge on any atom is -0.501 e. The van der Waals surface area contributed by atoms with E-state index in [2.05, 4.69) is 44.5 Å². The van der Waals surface area contributed by atoms with Gasteiger partial charge < -0.3 is 28.3 Å². The maximum absolute atomic E-state index is 6.11. The summed E-state index contributed by atoms with van der Waals surface area (Å²) in [6, 6.07) is 10.3. The van der Waals surface area contributed by atoms with Crippen LogP contribution in [0, 0.1) is 12.8 Å². The van der Waals surface area contributed by atoms with Crippen molar-refractivity contribution in [3.8, 4) is 11.7 Å². The molecule has 2 atom stereocenters. The highest BCUT2D eigenvalue weighted by atomic mass is 16.6. The van der Waals surface area contributed by atoms with Crippen LogP contribution in [-0.2, 0) is 14.2 Å². The Morgan fingerprint density at radius 1 is 1.15 bits per heavy atom. The van der Waals surface area contributed by atoms with E-state index >= 15 is 0 Å². The quantitative estimate of drug-likeness (QED) is 0.386. The number of hydrogen-bond donors (Lipinski definition) is 0. The lowest BCUT2D eigenvalue weighted by Gasteiger charge is -2.38. The Balaban J connectivity index is 1.78. The van der Waals surface area contributed by atoms with Crippen molar-refractivity contribution in [2.75, 3.05) is 33.3 Å². The van der Waals surface area contributed by atoms with Crippen LogP contribution in [0.1, 0.15) is 38.5 Å². The fraction of sp³-hybridized carbons (Fsp3) is 0.429. The van der Waals surface area contributed by atoms with E-state index in [1.807, 2.05) is 44.2 Å². The van der Waals surface area contributed by atoms with Gasteiger partial charge in [-0.15, -0.1) is 0 Å². The number of furan rings is 1. The zero-order chi connectivity index (χ0) is 25.0. The molecule has 2 unspecified atom stereocenters. The summed E-state index contributed by atoms with van der Waals surface area (Å²) in [5, 5.41) is 0. The monoisotopic (exact) mass is 467 g/mol.